The average Bonchev–Trinajstić information content (AvgIpc) is 3.22. The van der Waals surface area contributed by atoms with Gasteiger partial charge in [-0.25, -0.2) is 8.42 Å². The Bertz CT molecular complexity index is 1480. The van der Waals surface area contributed by atoms with Gasteiger partial charge in [0.25, 0.3) is 21.6 Å². The molecule has 0 aliphatic rings. The number of nitrogens with one attached hydrogen (secondary N) is 3. The van der Waals surface area contributed by atoms with Gasteiger partial charge < -0.3 is 10.3 Å². The van der Waals surface area contributed by atoms with E-state index in [-0.39, 0.29) is 22.2 Å². The first-order chi connectivity index (χ1) is 16.2. The summed E-state index contributed by atoms with van der Waals surface area (Å²) in [5.74, 6) is -0.275. The van der Waals surface area contributed by atoms with Crippen LogP contribution in [-0.4, -0.2) is 30.8 Å². The van der Waals surface area contributed by atoms with Crippen molar-refractivity contribution in [1.82, 2.24) is 10.3 Å². The number of benzene rings is 3. The van der Waals surface area contributed by atoms with E-state index < -0.39 is 14.9 Å². The molecule has 1 aromatic heterocycles. The lowest BCUT2D eigenvalue weighted by Crippen LogP contribution is -2.25. The van der Waals surface area contributed by atoms with E-state index in [1.54, 1.807) is 0 Å². The van der Waals surface area contributed by atoms with E-state index in [0.717, 1.165) is 22.5 Å². The number of nitro benzene ring substituents is 1. The van der Waals surface area contributed by atoms with Crippen molar-refractivity contribution >= 4 is 38.2 Å². The number of anilines is 1. The molecule has 9 nitrogen and oxygen atoms in total. The lowest BCUT2D eigenvalue weighted by atomic mass is 10.1. The Morgan fingerprint density at radius 3 is 2.53 bits per heavy atom. The van der Waals surface area contributed by atoms with Gasteiger partial charge >= 0.3 is 0 Å². The van der Waals surface area contributed by atoms with Crippen LogP contribution in [0.4, 0.5) is 11.4 Å². The zero-order chi connectivity index (χ0) is 24.3. The second kappa shape index (κ2) is 9.36. The van der Waals surface area contributed by atoms with Crippen molar-refractivity contribution in [3.63, 3.8) is 0 Å². The Morgan fingerprint density at radius 1 is 1.06 bits per heavy atom. The third kappa shape index (κ3) is 4.91. The predicted molar refractivity (Wildman–Crippen MR) is 129 cm³/mol. The van der Waals surface area contributed by atoms with Crippen LogP contribution in [0, 0.1) is 17.0 Å². The van der Waals surface area contributed by atoms with Gasteiger partial charge in [-0.2, -0.15) is 0 Å². The smallest absolute Gasteiger partial charge is 0.273 e. The van der Waals surface area contributed by atoms with E-state index in [1.165, 1.54) is 43.3 Å². The lowest BCUT2D eigenvalue weighted by Gasteiger charge is -2.10. The Balaban J connectivity index is 1.38. The number of sulfonamides is 1. The quantitative estimate of drug-likeness (QED) is 0.258. The predicted octanol–water partition coefficient (Wildman–Crippen LogP) is 4.16. The number of carbonyl (C=O) groups is 1. The van der Waals surface area contributed by atoms with Crippen LogP contribution in [0.15, 0.2) is 77.8 Å². The van der Waals surface area contributed by atoms with Crippen LogP contribution in [0.3, 0.4) is 0 Å². The van der Waals surface area contributed by atoms with Crippen LogP contribution in [0.1, 0.15) is 21.5 Å². The molecule has 34 heavy (non-hydrogen) atoms. The third-order valence-corrected chi connectivity index (χ3v) is 6.82. The summed E-state index contributed by atoms with van der Waals surface area (Å²) in [5, 5.41) is 15.1. The van der Waals surface area contributed by atoms with E-state index in [2.05, 4.69) is 15.0 Å². The van der Waals surface area contributed by atoms with Crippen molar-refractivity contribution in [2.45, 2.75) is 18.2 Å². The summed E-state index contributed by atoms with van der Waals surface area (Å²) in [6, 6.07) is 17.6. The van der Waals surface area contributed by atoms with Crippen molar-refractivity contribution in [2.75, 3.05) is 11.3 Å². The van der Waals surface area contributed by atoms with Gasteiger partial charge in [-0.05, 0) is 55.3 Å². The number of rotatable bonds is 8. The van der Waals surface area contributed by atoms with Gasteiger partial charge in [-0.3, -0.25) is 19.6 Å². The normalized spacial score (nSPS) is 11.3. The molecule has 0 spiro atoms. The van der Waals surface area contributed by atoms with Crippen LogP contribution in [0.5, 0.6) is 0 Å². The molecule has 0 saturated carbocycles. The third-order valence-electron chi connectivity index (χ3n) is 5.44. The van der Waals surface area contributed by atoms with Gasteiger partial charge in [0, 0.05) is 46.5 Å². The standard InChI is InChI=1S/C24H22N4O5S/c1-16-6-11-20(14-23(16)28(30)31)34(32,33)27-19-9-7-17(8-10-19)24(29)25-13-12-18-15-26-22-5-3-2-4-21(18)22/h2-11,14-15,26-27H,12-13H2,1H3,(H,25,29). The van der Waals surface area contributed by atoms with E-state index in [0.29, 0.717) is 24.1 Å². The molecule has 3 aromatic carbocycles. The lowest BCUT2D eigenvalue weighted by molar-refractivity contribution is -0.385. The van der Waals surface area contributed by atoms with Crippen molar-refractivity contribution < 1.29 is 18.1 Å². The molecule has 0 aliphatic heterocycles. The first kappa shape index (κ1) is 23.0. The number of amides is 1. The van der Waals surface area contributed by atoms with Crippen LogP contribution in [0.25, 0.3) is 10.9 Å². The van der Waals surface area contributed by atoms with Gasteiger partial charge in [0.1, 0.15) is 0 Å². The molecular formula is C24H22N4O5S. The molecule has 0 atom stereocenters. The van der Waals surface area contributed by atoms with Crippen LogP contribution < -0.4 is 10.0 Å². The molecular weight excluding hydrogens is 456 g/mol. The van der Waals surface area contributed by atoms with E-state index in [1.807, 2.05) is 30.5 Å². The number of H-pyrrole nitrogens is 1. The molecule has 10 heteroatoms. The van der Waals surface area contributed by atoms with Gasteiger partial charge in [-0.15, -0.1) is 0 Å². The van der Waals surface area contributed by atoms with Crippen molar-refractivity contribution in [3.05, 3.63) is 99.7 Å². The number of hydrogen-bond donors (Lipinski definition) is 3. The Kier molecular flexibility index (Phi) is 6.33. The molecule has 1 amide bonds. The molecule has 1 heterocycles. The topological polar surface area (TPSA) is 134 Å². The summed E-state index contributed by atoms with van der Waals surface area (Å²) >= 11 is 0. The van der Waals surface area contributed by atoms with Crippen molar-refractivity contribution in [1.29, 1.82) is 0 Å². The average molecular weight is 479 g/mol. The van der Waals surface area contributed by atoms with E-state index in [9.17, 15) is 23.3 Å². The monoisotopic (exact) mass is 478 g/mol. The minimum absolute atomic E-state index is 0.219. The number of hydrogen-bond acceptors (Lipinski definition) is 5. The Morgan fingerprint density at radius 2 is 1.79 bits per heavy atom. The number of aryl methyl sites for hydroxylation is 1. The second-order valence-corrected chi connectivity index (χ2v) is 9.44. The fraction of sp³-hybridized carbons (Fsp3) is 0.125. The van der Waals surface area contributed by atoms with Crippen molar-refractivity contribution in [3.8, 4) is 0 Å². The molecule has 0 saturated heterocycles. The molecule has 174 valence electrons. The van der Waals surface area contributed by atoms with Gasteiger partial charge in [0.05, 0.1) is 9.82 Å². The first-order valence-corrected chi connectivity index (χ1v) is 11.9. The van der Waals surface area contributed by atoms with Gasteiger partial charge in [0.15, 0.2) is 0 Å². The maximum Gasteiger partial charge on any atom is 0.273 e. The first-order valence-electron chi connectivity index (χ1n) is 10.5. The molecule has 4 aromatic rings. The number of aromatic nitrogens is 1. The fourth-order valence-electron chi connectivity index (χ4n) is 3.61. The summed E-state index contributed by atoms with van der Waals surface area (Å²) in [7, 11) is -4.03. The van der Waals surface area contributed by atoms with Crippen molar-refractivity contribution in [2.24, 2.45) is 0 Å². The minimum atomic E-state index is -4.03. The SMILES string of the molecule is Cc1ccc(S(=O)(=O)Nc2ccc(C(=O)NCCc3c[nH]c4ccccc34)cc2)cc1[N+](=O)[O-]. The summed E-state index contributed by atoms with van der Waals surface area (Å²) < 4.78 is 27.7. The van der Waals surface area contributed by atoms with Gasteiger partial charge in [0.2, 0.25) is 0 Å². The largest absolute Gasteiger partial charge is 0.361 e. The molecule has 0 radical (unpaired) electrons. The highest BCUT2D eigenvalue weighted by Gasteiger charge is 2.20. The fourth-order valence-corrected chi connectivity index (χ4v) is 4.69. The summed E-state index contributed by atoms with van der Waals surface area (Å²) in [5.41, 5.74) is 2.86. The molecule has 3 N–H and O–H groups in total. The highest BCUT2D eigenvalue weighted by molar-refractivity contribution is 7.92. The molecule has 0 aliphatic carbocycles. The number of carbonyl (C=O) groups excluding carboxylic acids is 1. The summed E-state index contributed by atoms with van der Waals surface area (Å²) in [6.45, 7) is 1.98. The van der Waals surface area contributed by atoms with E-state index in [4.69, 9.17) is 0 Å². The maximum absolute atomic E-state index is 12.6. The highest BCUT2D eigenvalue weighted by atomic mass is 32.2. The molecule has 0 fully saturated rings. The maximum atomic E-state index is 12.6. The Labute approximate surface area is 196 Å². The van der Waals surface area contributed by atoms with Crippen LogP contribution in [-0.2, 0) is 16.4 Å². The number of nitro groups is 1. The van der Waals surface area contributed by atoms with Gasteiger partial charge in [-0.1, -0.05) is 24.3 Å². The number of nitrogens with zero attached hydrogens (tertiary/aromatic N) is 1. The summed E-state index contributed by atoms with van der Waals surface area (Å²) in [6.07, 6.45) is 2.59. The van der Waals surface area contributed by atoms with E-state index >= 15 is 0 Å². The highest BCUT2D eigenvalue weighted by Crippen LogP contribution is 2.24. The van der Waals surface area contributed by atoms with Crippen LogP contribution in [0.2, 0.25) is 0 Å². The molecule has 0 bridgehead atoms. The number of para-hydroxylation sites is 1. The molecule has 4 rings (SSSR count). The molecule has 0 unspecified atom stereocenters. The Hall–Kier alpha value is -4.18. The second-order valence-electron chi connectivity index (χ2n) is 7.75. The minimum Gasteiger partial charge on any atom is -0.361 e. The summed E-state index contributed by atoms with van der Waals surface area (Å²) in [4.78, 5) is 25.9. The van der Waals surface area contributed by atoms with Crippen LogP contribution >= 0.6 is 0 Å². The zero-order valence-corrected chi connectivity index (χ0v) is 19.1. The number of aromatic amines is 1. The zero-order valence-electron chi connectivity index (χ0n) is 18.2. The number of fused-ring (bicyclic) bond motifs is 1.